The van der Waals surface area contributed by atoms with Gasteiger partial charge in [0.05, 0.1) is 6.07 Å². The summed E-state index contributed by atoms with van der Waals surface area (Å²) in [5, 5.41) is 20.5. The quantitative estimate of drug-likeness (QED) is 0.275. The van der Waals surface area contributed by atoms with Gasteiger partial charge in [-0.1, -0.05) is 11.3 Å². The van der Waals surface area contributed by atoms with Crippen molar-refractivity contribution < 1.29 is 9.34 Å². The van der Waals surface area contributed by atoms with Gasteiger partial charge in [0, 0.05) is 44.0 Å². The summed E-state index contributed by atoms with van der Waals surface area (Å²) >= 11 is 1.37. The van der Waals surface area contributed by atoms with Gasteiger partial charge in [-0.3, -0.25) is 15.1 Å². The second-order valence-corrected chi connectivity index (χ2v) is 7.62. The number of furan rings is 1. The first-order valence-corrected chi connectivity index (χ1v) is 10.3. The van der Waals surface area contributed by atoms with Crippen LogP contribution in [0.2, 0.25) is 0 Å². The van der Waals surface area contributed by atoms with Crippen molar-refractivity contribution in [3.05, 3.63) is 52.1 Å². The minimum atomic E-state index is -0.567. The normalized spacial score (nSPS) is 14.9. The fourth-order valence-corrected chi connectivity index (χ4v) is 4.10. The van der Waals surface area contributed by atoms with Gasteiger partial charge in [0.25, 0.3) is 0 Å². The number of hydrogen-bond donors (Lipinski definition) is 1. The van der Waals surface area contributed by atoms with Gasteiger partial charge in [-0.05, 0) is 37.3 Å². The zero-order valence-corrected chi connectivity index (χ0v) is 17.2. The standard InChI is InChI=1S/C19H21N7O3S/c1-2-21-17(20)13-3-5-14(6-4-13)24-9-11-25(12-10-24)19-23-22-18(30-19)15-7-8-16(29-15)26(27)28/h3-8H,2,9-12H2,1H3,(H2,20,21). The van der Waals surface area contributed by atoms with E-state index in [1.165, 1.54) is 17.4 Å². The van der Waals surface area contributed by atoms with Crippen molar-refractivity contribution in [3.8, 4) is 10.8 Å². The third kappa shape index (κ3) is 4.10. The Morgan fingerprint density at radius 1 is 1.17 bits per heavy atom. The van der Waals surface area contributed by atoms with Gasteiger partial charge in [0.15, 0.2) is 10.8 Å². The number of benzene rings is 1. The van der Waals surface area contributed by atoms with Crippen LogP contribution in [0.25, 0.3) is 10.8 Å². The van der Waals surface area contributed by atoms with Crippen molar-refractivity contribution in [2.45, 2.75) is 6.92 Å². The number of nitro groups is 1. The molecule has 1 aliphatic rings. The molecule has 11 heteroatoms. The molecule has 3 aromatic rings. The lowest BCUT2D eigenvalue weighted by molar-refractivity contribution is -0.401. The Bertz CT molecular complexity index is 1050. The second-order valence-electron chi connectivity index (χ2n) is 6.67. The number of piperazine rings is 1. The number of aliphatic imine (C=N–C) groups is 1. The first kappa shape index (κ1) is 19.8. The number of nitrogens with zero attached hydrogens (tertiary/aromatic N) is 6. The molecule has 3 heterocycles. The second kappa shape index (κ2) is 8.49. The van der Waals surface area contributed by atoms with Gasteiger partial charge in [-0.25, -0.2) is 0 Å². The minimum absolute atomic E-state index is 0.302. The molecule has 156 valence electrons. The molecule has 2 N–H and O–H groups in total. The summed E-state index contributed by atoms with van der Waals surface area (Å²) in [5.74, 6) is 0.613. The molecule has 0 spiro atoms. The van der Waals surface area contributed by atoms with Crippen LogP contribution in [0.3, 0.4) is 0 Å². The van der Waals surface area contributed by atoms with E-state index < -0.39 is 4.92 Å². The van der Waals surface area contributed by atoms with E-state index in [9.17, 15) is 10.1 Å². The Morgan fingerprint density at radius 3 is 2.50 bits per heavy atom. The Morgan fingerprint density at radius 2 is 1.87 bits per heavy atom. The fraction of sp³-hybridized carbons (Fsp3) is 0.316. The molecule has 0 bridgehead atoms. The van der Waals surface area contributed by atoms with Gasteiger partial charge in [-0.15, -0.1) is 10.2 Å². The molecule has 30 heavy (non-hydrogen) atoms. The number of aromatic nitrogens is 2. The smallest absolute Gasteiger partial charge is 0.398 e. The molecule has 10 nitrogen and oxygen atoms in total. The van der Waals surface area contributed by atoms with Crippen LogP contribution in [-0.2, 0) is 0 Å². The van der Waals surface area contributed by atoms with E-state index >= 15 is 0 Å². The molecule has 2 aromatic heterocycles. The Labute approximate surface area is 176 Å². The lowest BCUT2D eigenvalue weighted by Crippen LogP contribution is -2.46. The molecule has 0 atom stereocenters. The summed E-state index contributed by atoms with van der Waals surface area (Å²) in [6.07, 6.45) is 0. The third-order valence-electron chi connectivity index (χ3n) is 4.80. The lowest BCUT2D eigenvalue weighted by atomic mass is 10.1. The number of rotatable bonds is 6. The van der Waals surface area contributed by atoms with E-state index in [4.69, 9.17) is 10.2 Å². The molecule has 1 fully saturated rings. The number of amidine groups is 1. The van der Waals surface area contributed by atoms with Crippen LogP contribution in [-0.4, -0.2) is 53.7 Å². The Kier molecular flexibility index (Phi) is 5.61. The topological polar surface area (TPSA) is 127 Å². The number of anilines is 2. The predicted molar refractivity (Wildman–Crippen MR) is 116 cm³/mol. The molecular formula is C19H21N7O3S. The van der Waals surface area contributed by atoms with Crippen molar-refractivity contribution >= 4 is 33.9 Å². The summed E-state index contributed by atoms with van der Waals surface area (Å²) in [5.41, 5.74) is 8.03. The van der Waals surface area contributed by atoms with Crippen LogP contribution >= 0.6 is 11.3 Å². The van der Waals surface area contributed by atoms with Crippen molar-refractivity contribution in [2.24, 2.45) is 10.7 Å². The molecule has 1 aromatic carbocycles. The van der Waals surface area contributed by atoms with Crippen LogP contribution in [0, 0.1) is 10.1 Å². The number of hydrogen-bond acceptors (Lipinski definition) is 9. The van der Waals surface area contributed by atoms with E-state index in [0.717, 1.165) is 42.6 Å². The van der Waals surface area contributed by atoms with Crippen LogP contribution in [0.4, 0.5) is 16.7 Å². The Balaban J connectivity index is 1.38. The molecule has 1 aliphatic heterocycles. The number of nitrogens with two attached hydrogens (primary N) is 1. The van der Waals surface area contributed by atoms with Crippen LogP contribution in [0.5, 0.6) is 0 Å². The summed E-state index contributed by atoms with van der Waals surface area (Å²) in [6.45, 7) is 5.92. The van der Waals surface area contributed by atoms with Crippen molar-refractivity contribution in [2.75, 3.05) is 42.5 Å². The highest BCUT2D eigenvalue weighted by Gasteiger charge is 2.22. The first-order chi connectivity index (χ1) is 14.5. The van der Waals surface area contributed by atoms with Gasteiger partial charge >= 0.3 is 5.88 Å². The maximum atomic E-state index is 10.8. The van der Waals surface area contributed by atoms with Crippen molar-refractivity contribution in [1.29, 1.82) is 0 Å². The Hall–Kier alpha value is -3.47. The highest BCUT2D eigenvalue weighted by molar-refractivity contribution is 7.18. The highest BCUT2D eigenvalue weighted by atomic mass is 32.1. The van der Waals surface area contributed by atoms with E-state index in [-0.39, 0.29) is 5.88 Å². The highest BCUT2D eigenvalue weighted by Crippen LogP contribution is 2.32. The molecule has 0 saturated carbocycles. The van der Waals surface area contributed by atoms with Crippen molar-refractivity contribution in [3.63, 3.8) is 0 Å². The monoisotopic (exact) mass is 427 g/mol. The molecule has 0 radical (unpaired) electrons. The maximum Gasteiger partial charge on any atom is 0.433 e. The lowest BCUT2D eigenvalue weighted by Gasteiger charge is -2.35. The summed E-state index contributed by atoms with van der Waals surface area (Å²) in [4.78, 5) is 18.9. The van der Waals surface area contributed by atoms with E-state index in [1.807, 2.05) is 19.1 Å². The van der Waals surface area contributed by atoms with Gasteiger partial charge in [0.1, 0.15) is 10.8 Å². The molecular weight excluding hydrogens is 406 g/mol. The largest absolute Gasteiger partial charge is 0.433 e. The molecule has 0 aliphatic carbocycles. The summed E-state index contributed by atoms with van der Waals surface area (Å²) in [6, 6.07) is 11.0. The average molecular weight is 427 g/mol. The van der Waals surface area contributed by atoms with Gasteiger partial charge in [-0.2, -0.15) is 0 Å². The predicted octanol–water partition coefficient (Wildman–Crippen LogP) is 2.76. The van der Waals surface area contributed by atoms with Gasteiger partial charge < -0.3 is 20.0 Å². The molecule has 0 unspecified atom stereocenters. The van der Waals surface area contributed by atoms with Crippen LogP contribution in [0.1, 0.15) is 12.5 Å². The molecule has 0 amide bonds. The van der Waals surface area contributed by atoms with Crippen LogP contribution < -0.4 is 15.5 Å². The summed E-state index contributed by atoms with van der Waals surface area (Å²) < 4.78 is 5.21. The zero-order chi connectivity index (χ0) is 21.1. The third-order valence-corrected chi connectivity index (χ3v) is 5.80. The SMILES string of the molecule is CCN=C(N)c1ccc(N2CCN(c3nnc(-c4ccc([N+](=O)[O-])o4)s3)CC2)cc1. The van der Waals surface area contributed by atoms with E-state index in [0.29, 0.717) is 23.1 Å². The zero-order valence-electron chi connectivity index (χ0n) is 16.4. The van der Waals surface area contributed by atoms with E-state index in [2.05, 4.69) is 37.1 Å². The molecule has 4 rings (SSSR count). The molecule has 1 saturated heterocycles. The van der Waals surface area contributed by atoms with Gasteiger partial charge in [0.2, 0.25) is 5.13 Å². The van der Waals surface area contributed by atoms with Crippen LogP contribution in [0.15, 0.2) is 45.8 Å². The first-order valence-electron chi connectivity index (χ1n) is 9.53. The minimum Gasteiger partial charge on any atom is -0.398 e. The van der Waals surface area contributed by atoms with E-state index in [1.54, 1.807) is 6.07 Å². The average Bonchev–Trinajstić information content (AvgIpc) is 3.44. The maximum absolute atomic E-state index is 10.8. The van der Waals surface area contributed by atoms with Crippen molar-refractivity contribution in [1.82, 2.24) is 10.2 Å². The summed E-state index contributed by atoms with van der Waals surface area (Å²) in [7, 11) is 0. The fourth-order valence-electron chi connectivity index (χ4n) is 3.24.